The predicted octanol–water partition coefficient (Wildman–Crippen LogP) is 0.140. The van der Waals surface area contributed by atoms with Gasteiger partial charge in [-0.1, -0.05) is 0 Å². The Labute approximate surface area is 110 Å². The van der Waals surface area contributed by atoms with Gasteiger partial charge in [0.15, 0.2) is 0 Å². The van der Waals surface area contributed by atoms with E-state index in [1.54, 1.807) is 0 Å². The van der Waals surface area contributed by atoms with Gasteiger partial charge >= 0.3 is 16.1 Å². The van der Waals surface area contributed by atoms with Gasteiger partial charge in [-0.2, -0.15) is 8.42 Å². The molecule has 0 saturated heterocycles. The van der Waals surface area contributed by atoms with Crippen molar-refractivity contribution in [2.45, 2.75) is 11.8 Å². The van der Waals surface area contributed by atoms with E-state index in [4.69, 9.17) is 5.73 Å². The van der Waals surface area contributed by atoms with Crippen LogP contribution in [0.5, 0.6) is 0 Å². The zero-order chi connectivity index (χ0) is 10.8. The molecule has 0 aliphatic heterocycles. The molecule has 5 nitrogen and oxygen atoms in total. The average molecular weight is 238 g/mol. The quantitative estimate of drug-likeness (QED) is 0.450. The van der Waals surface area contributed by atoms with Gasteiger partial charge < -0.3 is 9.92 Å². The fourth-order valence-corrected chi connectivity index (χ4v) is 1.71. The number of anilines is 1. The Hall–Kier alpha value is -0.560. The molecular formula is C8H9NNaO4S. The van der Waals surface area contributed by atoms with Crippen LogP contribution >= 0.6 is 0 Å². The Bertz CT molecular complexity index is 440. The minimum atomic E-state index is -3.98. The summed E-state index contributed by atoms with van der Waals surface area (Å²) < 4.78 is 26.7. The van der Waals surface area contributed by atoms with E-state index in [2.05, 4.69) is 4.18 Å². The second-order valence-electron chi connectivity index (χ2n) is 2.60. The molecule has 77 valence electrons. The molecule has 0 fully saturated rings. The summed E-state index contributed by atoms with van der Waals surface area (Å²) in [6.07, 6.45) is 0. The number of carbonyl (C=O) groups excluding carboxylic acids is 1. The van der Waals surface area contributed by atoms with Gasteiger partial charge in [-0.3, -0.25) is 4.79 Å². The van der Waals surface area contributed by atoms with Crippen LogP contribution < -0.4 is 5.73 Å². The van der Waals surface area contributed by atoms with Crippen LogP contribution in [0.3, 0.4) is 0 Å². The van der Waals surface area contributed by atoms with Crippen molar-refractivity contribution >= 4 is 51.3 Å². The van der Waals surface area contributed by atoms with E-state index in [9.17, 15) is 13.2 Å². The summed E-state index contributed by atoms with van der Waals surface area (Å²) in [6.45, 7) is 1.02. The smallest absolute Gasteiger partial charge is 0.341 e. The molecule has 0 amide bonds. The number of carbonyl (C=O) groups is 1. The standard InChI is InChI=1S/C8H9NO4S.Na/c1-6(10)13-14(11,12)8-4-2-7(9)3-5-8;/h2-5H,9H2,1H3;. The monoisotopic (exact) mass is 238 g/mol. The van der Waals surface area contributed by atoms with Crippen molar-refractivity contribution < 1.29 is 17.4 Å². The third kappa shape index (κ3) is 4.21. The van der Waals surface area contributed by atoms with Crippen LogP contribution in [0.2, 0.25) is 0 Å². The van der Waals surface area contributed by atoms with Gasteiger partial charge in [-0.05, 0) is 24.3 Å². The topological polar surface area (TPSA) is 86.5 Å². The van der Waals surface area contributed by atoms with Gasteiger partial charge in [0.1, 0.15) is 4.90 Å². The number of hydrogen-bond donors (Lipinski definition) is 1. The number of hydrogen-bond acceptors (Lipinski definition) is 5. The van der Waals surface area contributed by atoms with Gasteiger partial charge in [0, 0.05) is 42.2 Å². The number of benzene rings is 1. The van der Waals surface area contributed by atoms with E-state index in [0.29, 0.717) is 5.69 Å². The molecule has 2 N–H and O–H groups in total. The first kappa shape index (κ1) is 14.4. The molecule has 0 aliphatic carbocycles. The molecule has 0 heterocycles. The van der Waals surface area contributed by atoms with Crippen LogP contribution in [-0.2, 0) is 19.1 Å². The van der Waals surface area contributed by atoms with Crippen molar-refractivity contribution in [3.63, 3.8) is 0 Å². The molecule has 1 rings (SSSR count). The van der Waals surface area contributed by atoms with Crippen molar-refractivity contribution in [3.8, 4) is 0 Å². The number of nitrogens with two attached hydrogens (primary N) is 1. The van der Waals surface area contributed by atoms with Crippen molar-refractivity contribution in [1.82, 2.24) is 0 Å². The van der Waals surface area contributed by atoms with Gasteiger partial charge in [-0.25, -0.2) is 0 Å². The maximum absolute atomic E-state index is 11.3. The Morgan fingerprint density at radius 2 is 1.73 bits per heavy atom. The van der Waals surface area contributed by atoms with Gasteiger partial charge in [0.2, 0.25) is 0 Å². The van der Waals surface area contributed by atoms with Gasteiger partial charge in [0.25, 0.3) is 0 Å². The molecule has 0 aliphatic rings. The largest absolute Gasteiger partial charge is 0.399 e. The summed E-state index contributed by atoms with van der Waals surface area (Å²) in [6, 6.07) is 5.37. The molecule has 0 atom stereocenters. The van der Waals surface area contributed by atoms with E-state index in [-0.39, 0.29) is 34.5 Å². The molecule has 15 heavy (non-hydrogen) atoms. The van der Waals surface area contributed by atoms with Crippen LogP contribution in [0.4, 0.5) is 5.69 Å². The molecule has 0 aromatic heterocycles. The second-order valence-corrected chi connectivity index (χ2v) is 4.14. The maximum Gasteiger partial charge on any atom is 0.341 e. The van der Waals surface area contributed by atoms with Crippen molar-refractivity contribution in [1.29, 1.82) is 0 Å². The molecule has 1 radical (unpaired) electrons. The summed E-state index contributed by atoms with van der Waals surface area (Å²) in [5.41, 5.74) is 5.81. The molecule has 1 aromatic carbocycles. The van der Waals surface area contributed by atoms with Gasteiger partial charge in [0.05, 0.1) is 0 Å². The second kappa shape index (κ2) is 5.50. The molecule has 0 bridgehead atoms. The first-order valence-corrected chi connectivity index (χ1v) is 5.13. The maximum atomic E-state index is 11.3. The van der Waals surface area contributed by atoms with E-state index >= 15 is 0 Å². The summed E-state index contributed by atoms with van der Waals surface area (Å²) in [5, 5.41) is 0. The number of rotatable bonds is 2. The Morgan fingerprint density at radius 3 is 2.13 bits per heavy atom. The molecule has 1 aromatic rings. The first-order valence-electron chi connectivity index (χ1n) is 3.72. The first-order chi connectivity index (χ1) is 6.42. The zero-order valence-corrected chi connectivity index (χ0v) is 11.2. The Morgan fingerprint density at radius 1 is 1.27 bits per heavy atom. The van der Waals surface area contributed by atoms with Crippen molar-refractivity contribution in [2.75, 3.05) is 5.73 Å². The van der Waals surface area contributed by atoms with Gasteiger partial charge in [-0.15, -0.1) is 0 Å². The summed E-state index contributed by atoms with van der Waals surface area (Å²) in [7, 11) is -3.98. The Balaban J connectivity index is 0.00000196. The Kier molecular flexibility index (Phi) is 5.30. The normalized spacial score (nSPS) is 10.2. The summed E-state index contributed by atoms with van der Waals surface area (Å²) in [4.78, 5) is 10.4. The molecule has 7 heteroatoms. The van der Waals surface area contributed by atoms with Crippen LogP contribution in [-0.4, -0.2) is 43.9 Å². The van der Waals surface area contributed by atoms with Crippen molar-refractivity contribution in [2.24, 2.45) is 0 Å². The van der Waals surface area contributed by atoms with Crippen LogP contribution in [0, 0.1) is 0 Å². The molecule has 0 spiro atoms. The average Bonchev–Trinajstić information content (AvgIpc) is 2.02. The van der Waals surface area contributed by atoms with E-state index in [1.165, 1.54) is 24.3 Å². The minimum Gasteiger partial charge on any atom is -0.399 e. The van der Waals surface area contributed by atoms with Crippen molar-refractivity contribution in [3.05, 3.63) is 24.3 Å². The van der Waals surface area contributed by atoms with Crippen LogP contribution in [0.15, 0.2) is 29.2 Å². The molecule has 0 unspecified atom stereocenters. The fraction of sp³-hybridized carbons (Fsp3) is 0.125. The summed E-state index contributed by atoms with van der Waals surface area (Å²) >= 11 is 0. The van der Waals surface area contributed by atoms with E-state index < -0.39 is 16.1 Å². The predicted molar refractivity (Wildman–Crippen MR) is 55.6 cm³/mol. The molecule has 0 saturated carbocycles. The SMILES string of the molecule is CC(=O)OS(=O)(=O)c1ccc(N)cc1.[Na]. The third-order valence-corrected chi connectivity index (χ3v) is 2.70. The van der Waals surface area contributed by atoms with E-state index in [1.807, 2.05) is 0 Å². The van der Waals surface area contributed by atoms with Crippen LogP contribution in [0.25, 0.3) is 0 Å². The zero-order valence-electron chi connectivity index (χ0n) is 8.43. The third-order valence-electron chi connectivity index (χ3n) is 1.40. The number of nitrogen functional groups attached to an aromatic ring is 1. The van der Waals surface area contributed by atoms with Crippen LogP contribution in [0.1, 0.15) is 6.92 Å². The minimum absolute atomic E-state index is 0. The molecular weight excluding hydrogens is 229 g/mol. The summed E-state index contributed by atoms with van der Waals surface area (Å²) in [5.74, 6) is -0.873. The van der Waals surface area contributed by atoms with E-state index in [0.717, 1.165) is 6.92 Å². The fourth-order valence-electron chi connectivity index (χ4n) is 0.837.